The van der Waals surface area contributed by atoms with Crippen LogP contribution in [-0.2, 0) is 9.09 Å². The van der Waals surface area contributed by atoms with Crippen molar-refractivity contribution >= 4 is 19.3 Å². The van der Waals surface area contributed by atoms with Gasteiger partial charge in [0.05, 0.1) is 11.0 Å². The van der Waals surface area contributed by atoms with Crippen LogP contribution < -0.4 is 4.74 Å². The van der Waals surface area contributed by atoms with Crippen LogP contribution in [0.1, 0.15) is 48.2 Å². The van der Waals surface area contributed by atoms with Crippen molar-refractivity contribution in [1.82, 2.24) is 14.2 Å². The van der Waals surface area contributed by atoms with Crippen LogP contribution in [0.2, 0.25) is 0 Å². The maximum absolute atomic E-state index is 13.4. The molecule has 0 spiro atoms. The Hall–Kier alpha value is -2.78. The van der Waals surface area contributed by atoms with Gasteiger partial charge in [0.1, 0.15) is 5.75 Å². The van der Waals surface area contributed by atoms with Crippen molar-refractivity contribution in [3.05, 3.63) is 63.7 Å². The standard InChI is InChI=1S/C24H29N4O6P/c1-18(34-35(32,26-12-13-26)27-14-15-27)19-8-9-22(28(30)31)23(17-19)33-21-7-5-6-20(16-21)24(29)25-10-3-2-4-11-25/h5-9,16-18H,2-4,10-15H2,1H3. The number of benzene rings is 2. The molecular weight excluding hydrogens is 471 g/mol. The Kier molecular flexibility index (Phi) is 6.63. The largest absolute Gasteiger partial charge is 0.450 e. The van der Waals surface area contributed by atoms with Gasteiger partial charge in [0.25, 0.3) is 5.91 Å². The van der Waals surface area contributed by atoms with E-state index in [1.807, 2.05) is 14.2 Å². The minimum Gasteiger partial charge on any atom is -0.450 e. The van der Waals surface area contributed by atoms with Crippen LogP contribution in [0.15, 0.2) is 42.5 Å². The van der Waals surface area contributed by atoms with E-state index >= 15 is 0 Å². The predicted octanol–water partition coefficient (Wildman–Crippen LogP) is 4.83. The summed E-state index contributed by atoms with van der Waals surface area (Å²) in [5.74, 6) is 0.306. The van der Waals surface area contributed by atoms with E-state index in [1.165, 1.54) is 6.07 Å². The molecule has 5 rings (SSSR count). The number of nitro benzene ring substituents is 1. The van der Waals surface area contributed by atoms with Gasteiger partial charge < -0.3 is 9.64 Å². The number of hydrogen-bond donors (Lipinski definition) is 0. The molecule has 2 aromatic carbocycles. The van der Waals surface area contributed by atoms with Gasteiger partial charge in [-0.05, 0) is 62.1 Å². The van der Waals surface area contributed by atoms with Crippen molar-refractivity contribution in [1.29, 1.82) is 0 Å². The molecule has 35 heavy (non-hydrogen) atoms. The quantitative estimate of drug-likeness (QED) is 0.209. The molecule has 2 aromatic rings. The molecular formula is C24H29N4O6P. The van der Waals surface area contributed by atoms with Crippen LogP contribution in [-0.4, -0.2) is 64.3 Å². The fourth-order valence-corrected chi connectivity index (χ4v) is 6.64. The van der Waals surface area contributed by atoms with E-state index in [-0.39, 0.29) is 17.3 Å². The number of carbonyl (C=O) groups is 1. The van der Waals surface area contributed by atoms with Gasteiger partial charge in [-0.15, -0.1) is 0 Å². The molecule has 0 bridgehead atoms. The zero-order valence-corrected chi connectivity index (χ0v) is 20.6. The van der Waals surface area contributed by atoms with Gasteiger partial charge in [0, 0.05) is 50.9 Å². The van der Waals surface area contributed by atoms with Gasteiger partial charge in [-0.25, -0.2) is 9.34 Å². The lowest BCUT2D eigenvalue weighted by Gasteiger charge is -2.26. The SMILES string of the molecule is CC(OP(=O)(N1CC1)N1CC1)c1ccc([N+](=O)[O-])c(Oc2cccc(C(=O)N3CCCCC3)c2)c1. The summed E-state index contributed by atoms with van der Waals surface area (Å²) >= 11 is 0. The van der Waals surface area contributed by atoms with Gasteiger partial charge in [0.15, 0.2) is 0 Å². The van der Waals surface area contributed by atoms with Gasteiger partial charge >= 0.3 is 13.4 Å². The summed E-state index contributed by atoms with van der Waals surface area (Å²) in [5.41, 5.74) is 0.904. The van der Waals surface area contributed by atoms with Crippen LogP contribution in [0, 0.1) is 10.1 Å². The first-order chi connectivity index (χ1) is 16.8. The second-order valence-corrected chi connectivity index (χ2v) is 11.4. The number of carbonyl (C=O) groups excluding carboxylic acids is 1. The molecule has 11 heteroatoms. The zero-order valence-electron chi connectivity index (χ0n) is 19.7. The highest BCUT2D eigenvalue weighted by Gasteiger charge is 2.50. The molecule has 3 fully saturated rings. The lowest BCUT2D eigenvalue weighted by molar-refractivity contribution is -0.385. The number of rotatable bonds is 9. The molecule has 0 radical (unpaired) electrons. The monoisotopic (exact) mass is 500 g/mol. The lowest BCUT2D eigenvalue weighted by Crippen LogP contribution is -2.35. The first-order valence-electron chi connectivity index (χ1n) is 12.0. The molecule has 3 aliphatic heterocycles. The Bertz CT molecular complexity index is 1160. The van der Waals surface area contributed by atoms with Gasteiger partial charge in [0.2, 0.25) is 5.75 Å². The Morgan fingerprint density at radius 1 is 1.00 bits per heavy atom. The van der Waals surface area contributed by atoms with Crippen molar-refractivity contribution in [2.75, 3.05) is 39.3 Å². The van der Waals surface area contributed by atoms with Crippen LogP contribution in [0.3, 0.4) is 0 Å². The predicted molar refractivity (Wildman–Crippen MR) is 130 cm³/mol. The molecule has 186 valence electrons. The molecule has 0 aromatic heterocycles. The average Bonchev–Trinajstić information content (AvgIpc) is 3.76. The highest BCUT2D eigenvalue weighted by molar-refractivity contribution is 7.54. The van der Waals surface area contributed by atoms with Crippen molar-refractivity contribution in [3.8, 4) is 11.5 Å². The third-order valence-corrected chi connectivity index (χ3v) is 9.28. The van der Waals surface area contributed by atoms with Crippen LogP contribution in [0.25, 0.3) is 0 Å². The normalized spacial score (nSPS) is 19.3. The Morgan fingerprint density at radius 3 is 2.31 bits per heavy atom. The molecule has 1 amide bonds. The molecule has 3 heterocycles. The molecule has 1 atom stereocenters. The zero-order chi connectivity index (χ0) is 24.6. The smallest absolute Gasteiger partial charge is 0.346 e. The Morgan fingerprint density at radius 2 is 1.69 bits per heavy atom. The number of hydrogen-bond acceptors (Lipinski definition) is 6. The van der Waals surface area contributed by atoms with E-state index in [2.05, 4.69) is 0 Å². The van der Waals surface area contributed by atoms with E-state index < -0.39 is 18.7 Å². The van der Waals surface area contributed by atoms with Gasteiger partial charge in [-0.1, -0.05) is 6.07 Å². The second kappa shape index (κ2) is 9.70. The fourth-order valence-electron chi connectivity index (χ4n) is 4.29. The number of nitrogens with zero attached hydrogens (tertiary/aromatic N) is 4. The van der Waals surface area contributed by atoms with Crippen molar-refractivity contribution in [3.63, 3.8) is 0 Å². The molecule has 3 aliphatic rings. The van der Waals surface area contributed by atoms with Crippen molar-refractivity contribution in [2.24, 2.45) is 0 Å². The highest BCUT2D eigenvalue weighted by Crippen LogP contribution is 2.63. The van der Waals surface area contributed by atoms with Crippen molar-refractivity contribution < 1.29 is 23.5 Å². The molecule has 10 nitrogen and oxygen atoms in total. The van der Waals surface area contributed by atoms with E-state index in [4.69, 9.17) is 9.26 Å². The Balaban J connectivity index is 1.37. The molecule has 3 saturated heterocycles. The summed E-state index contributed by atoms with van der Waals surface area (Å²) < 4.78 is 29.0. The number of ether oxygens (including phenoxy) is 1. The fraction of sp³-hybridized carbons (Fsp3) is 0.458. The number of piperidine rings is 1. The number of nitro groups is 1. The molecule has 0 saturated carbocycles. The highest BCUT2D eigenvalue weighted by atomic mass is 31.2. The molecule has 1 unspecified atom stereocenters. The van der Waals surface area contributed by atoms with E-state index in [1.54, 1.807) is 43.3 Å². The first-order valence-corrected chi connectivity index (χ1v) is 13.5. The van der Waals surface area contributed by atoms with E-state index in [0.717, 1.165) is 58.5 Å². The second-order valence-electron chi connectivity index (χ2n) is 9.11. The minimum absolute atomic E-state index is 0.0406. The lowest BCUT2D eigenvalue weighted by atomic mass is 10.1. The summed E-state index contributed by atoms with van der Waals surface area (Å²) in [4.78, 5) is 25.9. The maximum atomic E-state index is 13.4. The Labute approximate surface area is 204 Å². The third kappa shape index (κ3) is 5.26. The van der Waals surface area contributed by atoms with E-state index in [9.17, 15) is 19.5 Å². The third-order valence-electron chi connectivity index (χ3n) is 6.46. The van der Waals surface area contributed by atoms with Crippen LogP contribution in [0.5, 0.6) is 11.5 Å². The average molecular weight is 500 g/mol. The summed E-state index contributed by atoms with van der Waals surface area (Å²) in [5, 5.41) is 11.7. The summed E-state index contributed by atoms with van der Waals surface area (Å²) in [6.45, 7) is 6.19. The van der Waals surface area contributed by atoms with E-state index in [0.29, 0.717) is 16.9 Å². The van der Waals surface area contributed by atoms with Crippen LogP contribution >= 0.6 is 7.67 Å². The summed E-state index contributed by atoms with van der Waals surface area (Å²) in [6, 6.07) is 11.2. The first kappa shape index (κ1) is 23.9. The topological polar surface area (TPSA) is 105 Å². The number of amides is 1. The van der Waals surface area contributed by atoms with Gasteiger partial charge in [-0.3, -0.25) is 24.0 Å². The molecule has 0 N–H and O–H groups in total. The maximum Gasteiger partial charge on any atom is 0.346 e. The summed E-state index contributed by atoms with van der Waals surface area (Å²) in [6.07, 6.45) is 2.55. The van der Waals surface area contributed by atoms with Crippen LogP contribution in [0.4, 0.5) is 5.69 Å². The van der Waals surface area contributed by atoms with Gasteiger partial charge in [-0.2, -0.15) is 0 Å². The minimum atomic E-state index is -3.06. The molecule has 0 aliphatic carbocycles. The van der Waals surface area contributed by atoms with Crippen molar-refractivity contribution in [2.45, 2.75) is 32.3 Å². The number of likely N-dealkylation sites (tertiary alicyclic amines) is 1. The summed E-state index contributed by atoms with van der Waals surface area (Å²) in [7, 11) is -3.06.